The van der Waals surface area contributed by atoms with Gasteiger partial charge in [-0.3, -0.25) is 0 Å². The summed E-state index contributed by atoms with van der Waals surface area (Å²) in [5.41, 5.74) is 8.26. The Hall–Kier alpha value is -8.78. The molecular formula is C61H47AlN6O7S2. The normalized spacial score (nSPS) is 11.8. The standard InChI is InChI=1S/C21H17N2O.2C20H15N2O3S.Al/c1-15-10-12-16(13-11-15)14-22-18-7-3-2-6-17(18)21-23-19-8-4-5-9-20(19)24-21;2*1-14-10-12-15(13-11-14)26(23,24)22-17-7-3-2-6-16(17)20-21-18-8-4-5-9-19(18)25-20;/h2-13H,14H2,1H3;2*2-13H,1H3;/q3*-1;+3. The van der Waals surface area contributed by atoms with Crippen LogP contribution in [-0.2, 0) is 26.6 Å². The molecule has 0 saturated carbocycles. The van der Waals surface area contributed by atoms with E-state index in [2.05, 4.69) is 0 Å². The van der Waals surface area contributed by atoms with Gasteiger partial charge in [0.05, 0.1) is 26.5 Å². The highest BCUT2D eigenvalue weighted by atomic mass is 32.2. The molecule has 12 rings (SSSR count). The van der Waals surface area contributed by atoms with E-state index in [1.54, 1.807) is 109 Å². The Kier molecular flexibility index (Phi) is 12.8. The minimum atomic E-state index is -4.88. The van der Waals surface area contributed by atoms with Crippen molar-refractivity contribution in [3.8, 4) is 34.4 Å². The van der Waals surface area contributed by atoms with Gasteiger partial charge >= 0.3 is 14.8 Å². The minimum Gasteiger partial charge on any atom is -0.436 e. The van der Waals surface area contributed by atoms with E-state index in [0.717, 1.165) is 22.3 Å². The predicted octanol–water partition coefficient (Wildman–Crippen LogP) is 13.8. The number of hydrogen-bond donors (Lipinski definition) is 0. The average molecular weight is 1070 g/mol. The van der Waals surface area contributed by atoms with Gasteiger partial charge < -0.3 is 23.7 Å². The van der Waals surface area contributed by atoms with Crippen LogP contribution in [0.5, 0.6) is 0 Å². The van der Waals surface area contributed by atoms with Gasteiger partial charge in [0.15, 0.2) is 16.7 Å². The molecule has 0 radical (unpaired) electrons. The van der Waals surface area contributed by atoms with Gasteiger partial charge in [0.1, 0.15) is 16.6 Å². The van der Waals surface area contributed by atoms with Crippen LogP contribution in [0.4, 0.5) is 17.1 Å². The van der Waals surface area contributed by atoms with E-state index in [0.29, 0.717) is 55.7 Å². The Balaban J connectivity index is 1.25. The first-order chi connectivity index (χ1) is 37.4. The first-order valence-corrected chi connectivity index (χ1v) is 29.2. The van der Waals surface area contributed by atoms with E-state index < -0.39 is 34.9 Å². The van der Waals surface area contributed by atoms with E-state index in [1.165, 1.54) is 6.58 Å². The molecule has 0 unspecified atom stereocenters. The van der Waals surface area contributed by atoms with E-state index in [9.17, 15) is 0 Å². The van der Waals surface area contributed by atoms with Crippen LogP contribution in [0.2, 0.25) is 0 Å². The Morgan fingerprint density at radius 1 is 0.377 bits per heavy atom. The zero-order valence-corrected chi connectivity index (χ0v) is 44.7. The summed E-state index contributed by atoms with van der Waals surface area (Å²) in [5.74, 6) is 0.481. The second-order valence-corrected chi connectivity index (χ2v) is 25.4. The van der Waals surface area contributed by atoms with E-state index in [-0.39, 0.29) is 45.4 Å². The molecule has 77 heavy (non-hydrogen) atoms. The van der Waals surface area contributed by atoms with Crippen LogP contribution >= 0.6 is 0 Å². The van der Waals surface area contributed by atoms with Crippen LogP contribution in [0.1, 0.15) is 22.3 Å². The monoisotopic (exact) mass is 1070 g/mol. The molecule has 0 aliphatic rings. The molecule has 0 bridgehead atoms. The molecule has 0 amide bonds. The van der Waals surface area contributed by atoms with Crippen molar-refractivity contribution in [1.82, 2.24) is 15.0 Å². The van der Waals surface area contributed by atoms with Crippen molar-refractivity contribution in [2.75, 3.05) is 10.5 Å². The second kappa shape index (κ2) is 20.1. The smallest absolute Gasteiger partial charge is 0.436 e. The summed E-state index contributed by atoms with van der Waals surface area (Å²) in [7, 11) is -9.76. The molecule has 0 fully saturated rings. The molecule has 0 N–H and O–H groups in total. The van der Waals surface area contributed by atoms with Gasteiger partial charge in [0.25, 0.3) is 0 Å². The Morgan fingerprint density at radius 2 is 0.688 bits per heavy atom. The maximum Gasteiger partial charge on any atom is 0.772 e. The van der Waals surface area contributed by atoms with Crippen molar-refractivity contribution in [1.29, 1.82) is 0 Å². The van der Waals surface area contributed by atoms with Gasteiger partial charge in [-0.2, -0.15) is 0 Å². The number of hydrogen-bond acceptors (Lipinski definition) is 11. The molecule has 0 saturated heterocycles. The van der Waals surface area contributed by atoms with Gasteiger partial charge in [0, 0.05) is 23.6 Å². The Morgan fingerprint density at radius 3 is 1.06 bits per heavy atom. The number of nitrogens with zero attached hydrogens (tertiary/aromatic N) is 6. The van der Waals surface area contributed by atoms with Gasteiger partial charge in [-0.15, -0.1) is 0 Å². The molecule has 3 aromatic heterocycles. The summed E-state index contributed by atoms with van der Waals surface area (Å²) in [6.45, 7) is 5.71. The number of benzene rings is 9. The molecule has 0 atom stereocenters. The Bertz CT molecular complexity index is 4080. The van der Waals surface area contributed by atoms with Crippen molar-refractivity contribution < 1.29 is 30.1 Å². The quantitative estimate of drug-likeness (QED) is 0.0900. The number of aromatic nitrogens is 3. The van der Waals surface area contributed by atoms with Crippen molar-refractivity contribution in [2.24, 2.45) is 0 Å². The van der Waals surface area contributed by atoms with Crippen molar-refractivity contribution in [3.63, 3.8) is 0 Å². The third kappa shape index (κ3) is 9.31. The minimum absolute atomic E-state index is 0.0235. The first-order valence-electron chi connectivity index (χ1n) is 24.8. The summed E-state index contributed by atoms with van der Waals surface area (Å²) in [5, 5.41) is 0. The summed E-state index contributed by atoms with van der Waals surface area (Å²) < 4.78 is 91.6. The highest BCUT2D eigenvalue weighted by Gasteiger charge is 2.57. The summed E-state index contributed by atoms with van der Waals surface area (Å²) >= 11 is -4.50. The lowest BCUT2D eigenvalue weighted by molar-refractivity contribution is 0.596. The molecule has 9 aromatic carbocycles. The van der Waals surface area contributed by atoms with Gasteiger partial charge in [-0.1, -0.05) is 138 Å². The maximum atomic E-state index is 16.9. The molecule has 3 heterocycles. The summed E-state index contributed by atoms with van der Waals surface area (Å²) in [4.78, 5) is 14.7. The van der Waals surface area contributed by atoms with E-state index in [1.807, 2.05) is 134 Å². The fourth-order valence-corrected chi connectivity index (χ4v) is 18.4. The molecule has 0 spiro atoms. The zero-order valence-electron chi connectivity index (χ0n) is 41.9. The molecule has 0 aliphatic heterocycles. The fraction of sp³-hybridized carbons (Fsp3) is 0.0656. The Labute approximate surface area is 450 Å². The molecule has 378 valence electrons. The molecule has 0 aliphatic carbocycles. The second-order valence-electron chi connectivity index (χ2n) is 18.7. The number of para-hydroxylation sites is 9. The van der Waals surface area contributed by atoms with Crippen LogP contribution in [0.25, 0.3) is 67.7 Å². The van der Waals surface area contributed by atoms with Crippen molar-refractivity contribution in [3.05, 3.63) is 241 Å². The van der Waals surface area contributed by atoms with Gasteiger partial charge in [-0.25, -0.2) is 31.8 Å². The maximum absolute atomic E-state index is 16.9. The molecule has 16 heteroatoms. The molecular weight excluding hydrogens is 1020 g/mol. The lowest BCUT2D eigenvalue weighted by Crippen LogP contribution is -2.67. The highest BCUT2D eigenvalue weighted by Crippen LogP contribution is 2.45. The van der Waals surface area contributed by atoms with E-state index in [4.69, 9.17) is 28.2 Å². The van der Waals surface area contributed by atoms with Crippen LogP contribution in [0.15, 0.2) is 241 Å². The zero-order chi connectivity index (χ0) is 52.8. The fourth-order valence-electron chi connectivity index (χ4n) is 9.49. The lowest BCUT2D eigenvalue weighted by Gasteiger charge is -2.43. The highest BCUT2D eigenvalue weighted by molar-refractivity contribution is 7.97. The number of sulfonamides is 2. The van der Waals surface area contributed by atoms with Crippen LogP contribution in [0.3, 0.4) is 0 Å². The lowest BCUT2D eigenvalue weighted by atomic mass is 10.1. The van der Waals surface area contributed by atoms with Gasteiger partial charge in [0.2, 0.25) is 37.7 Å². The summed E-state index contributed by atoms with van der Waals surface area (Å²) in [6, 6.07) is 64.2. The van der Waals surface area contributed by atoms with Crippen LogP contribution in [0, 0.1) is 20.8 Å². The number of anilines is 3. The topological polar surface area (TPSA) is 156 Å². The first kappa shape index (κ1) is 49.1. The third-order valence-corrected chi connectivity index (χ3v) is 21.8. The largest absolute Gasteiger partial charge is 0.772 e. The van der Waals surface area contributed by atoms with Crippen LogP contribution in [-0.4, -0.2) is 46.6 Å². The summed E-state index contributed by atoms with van der Waals surface area (Å²) in [6.07, 6.45) is 0. The number of aryl methyl sites for hydroxylation is 3. The average Bonchev–Trinajstić information content (AvgIpc) is 4.21. The molecule has 13 nitrogen and oxygen atoms in total. The number of oxazole rings is 3. The molecule has 12 aromatic rings. The van der Waals surface area contributed by atoms with E-state index >= 15 is 16.8 Å². The predicted molar refractivity (Wildman–Crippen MR) is 303 cm³/mol. The van der Waals surface area contributed by atoms with Crippen LogP contribution < -0.4 is 10.5 Å². The van der Waals surface area contributed by atoms with Crippen molar-refractivity contribution in [2.45, 2.75) is 37.1 Å². The number of rotatable bonds is 15. The third-order valence-electron chi connectivity index (χ3n) is 13.4. The van der Waals surface area contributed by atoms with Crippen molar-refractivity contribution >= 4 is 85.2 Å². The SMILES string of the molecule is Cc1ccc(C[N](c2ccccc2-c2nc3ccccc3o2)[Al]([N](c2ccccc2-c2nc3ccccc3o2)S(=O)(=O)c2ccc(C)cc2)[N](c2ccccc2-c2nc3ccccc3o2)S(=O)(=O)c2ccc(C)cc2)cc1. The number of fused-ring (bicyclic) bond motifs is 3. The van der Waals surface area contributed by atoms with Gasteiger partial charge in [-0.05, 0) is 123 Å².